The van der Waals surface area contributed by atoms with Crippen molar-refractivity contribution < 1.29 is 23.9 Å². The van der Waals surface area contributed by atoms with Gasteiger partial charge < -0.3 is 19.3 Å². The molecule has 0 radical (unpaired) electrons. The zero-order chi connectivity index (χ0) is 25.7. The number of guanidine groups is 1. The molecule has 2 atom stereocenters. The van der Waals surface area contributed by atoms with Gasteiger partial charge in [-0.05, 0) is 63.1 Å². The first kappa shape index (κ1) is 26.0. The predicted molar refractivity (Wildman–Crippen MR) is 136 cm³/mol. The van der Waals surface area contributed by atoms with E-state index in [9.17, 15) is 14.4 Å². The topological polar surface area (TPSA) is 101 Å². The number of esters is 1. The van der Waals surface area contributed by atoms with E-state index < -0.39 is 6.23 Å². The molecule has 1 saturated heterocycles. The molecule has 4 rings (SSSR count). The molecule has 1 N–H and O–H groups in total. The third kappa shape index (κ3) is 6.17. The van der Waals surface area contributed by atoms with Gasteiger partial charge in [0.1, 0.15) is 12.3 Å². The third-order valence-electron chi connectivity index (χ3n) is 7.31. The minimum atomic E-state index is -0.559. The Bertz CT molecular complexity index is 1000. The van der Waals surface area contributed by atoms with Crippen LogP contribution in [-0.2, 0) is 25.7 Å². The Morgan fingerprint density at radius 1 is 1.22 bits per heavy atom. The molecule has 1 aromatic carbocycles. The van der Waals surface area contributed by atoms with Gasteiger partial charge in [-0.25, -0.2) is 4.99 Å². The van der Waals surface area contributed by atoms with Gasteiger partial charge in [0.15, 0.2) is 6.23 Å². The van der Waals surface area contributed by atoms with Gasteiger partial charge in [-0.2, -0.15) is 0 Å². The first-order chi connectivity index (χ1) is 17.4. The van der Waals surface area contributed by atoms with Gasteiger partial charge in [0.25, 0.3) is 0 Å². The van der Waals surface area contributed by atoms with Gasteiger partial charge in [0, 0.05) is 31.5 Å². The molecule has 0 bridgehead atoms. The van der Waals surface area contributed by atoms with E-state index >= 15 is 0 Å². The average Bonchev–Trinajstić information content (AvgIpc) is 3.48. The van der Waals surface area contributed by atoms with Crippen molar-refractivity contribution in [2.45, 2.75) is 91.0 Å². The lowest BCUT2D eigenvalue weighted by Crippen LogP contribution is -2.50. The van der Waals surface area contributed by atoms with Gasteiger partial charge in [0.2, 0.25) is 17.8 Å². The maximum absolute atomic E-state index is 13.3. The summed E-state index contributed by atoms with van der Waals surface area (Å²) in [5.41, 5.74) is 1.87. The fraction of sp³-hybridized carbons (Fsp3) is 0.630. The number of ether oxygens (including phenoxy) is 2. The molecule has 1 aromatic rings. The number of nitrogens with zero attached hydrogens (tertiary/aromatic N) is 3. The smallest absolute Gasteiger partial charge is 0.304 e. The van der Waals surface area contributed by atoms with E-state index in [1.54, 1.807) is 6.92 Å². The third-order valence-corrected chi connectivity index (χ3v) is 7.31. The molecule has 9 nitrogen and oxygen atoms in total. The van der Waals surface area contributed by atoms with Crippen molar-refractivity contribution in [1.82, 2.24) is 15.1 Å². The number of aliphatic imine (C=N–C) groups is 1. The van der Waals surface area contributed by atoms with Gasteiger partial charge >= 0.3 is 5.97 Å². The first-order valence-electron chi connectivity index (χ1n) is 13.2. The van der Waals surface area contributed by atoms with Crippen molar-refractivity contribution >= 4 is 29.4 Å². The number of benzene rings is 1. The summed E-state index contributed by atoms with van der Waals surface area (Å²) in [5.74, 6) is 1.48. The summed E-state index contributed by atoms with van der Waals surface area (Å²) in [4.78, 5) is 44.7. The first-order valence-corrected chi connectivity index (χ1v) is 13.2. The maximum Gasteiger partial charge on any atom is 0.304 e. The maximum atomic E-state index is 13.3. The van der Waals surface area contributed by atoms with Crippen LogP contribution in [0.15, 0.2) is 23.2 Å². The fourth-order valence-electron chi connectivity index (χ4n) is 5.68. The molecule has 1 saturated carbocycles. The van der Waals surface area contributed by atoms with Crippen LogP contribution in [0.1, 0.15) is 77.7 Å². The summed E-state index contributed by atoms with van der Waals surface area (Å²) < 4.78 is 11.4. The van der Waals surface area contributed by atoms with E-state index in [0.717, 1.165) is 42.7 Å². The van der Waals surface area contributed by atoms with E-state index in [-0.39, 0.29) is 23.8 Å². The number of carbonyl (C=O) groups is 3. The predicted octanol–water partition coefficient (Wildman–Crippen LogP) is 3.88. The average molecular weight is 499 g/mol. The van der Waals surface area contributed by atoms with Gasteiger partial charge in [0.05, 0.1) is 12.3 Å². The Balaban J connectivity index is 1.27. The largest absolute Gasteiger partial charge is 0.494 e. The standard InChI is InChI=1S/C27H38N4O5/c1-4-24(20-9-5-6-10-20)31(18(2)36-19(3)32)26(34)11-7-8-14-35-22-12-13-23-21(15-22)16-30-17-25(33)29-27(30)28-23/h12-13,15,18,20,24H,4-11,14,16-17H2,1-3H3,(H,28,29,33). The highest BCUT2D eigenvalue weighted by Gasteiger charge is 2.35. The molecule has 196 valence electrons. The molecule has 2 unspecified atom stereocenters. The Kier molecular flexibility index (Phi) is 8.48. The fourth-order valence-corrected chi connectivity index (χ4v) is 5.68. The summed E-state index contributed by atoms with van der Waals surface area (Å²) in [6.07, 6.45) is 6.79. The lowest BCUT2D eigenvalue weighted by molar-refractivity contribution is -0.166. The van der Waals surface area contributed by atoms with Crippen LogP contribution in [0.2, 0.25) is 0 Å². The summed E-state index contributed by atoms with van der Waals surface area (Å²) >= 11 is 0. The highest BCUT2D eigenvalue weighted by molar-refractivity contribution is 6.05. The van der Waals surface area contributed by atoms with Crippen LogP contribution in [0.4, 0.5) is 5.69 Å². The van der Waals surface area contributed by atoms with Crippen LogP contribution in [0.5, 0.6) is 5.75 Å². The molecular formula is C27H38N4O5. The second-order valence-corrected chi connectivity index (χ2v) is 9.97. The summed E-state index contributed by atoms with van der Waals surface area (Å²) in [5, 5.41) is 2.77. The number of nitrogens with one attached hydrogen (secondary N) is 1. The lowest BCUT2D eigenvalue weighted by Gasteiger charge is -2.38. The highest BCUT2D eigenvalue weighted by atomic mass is 16.6. The van der Waals surface area contributed by atoms with Crippen LogP contribution in [-0.4, -0.2) is 59.0 Å². The molecule has 1 aliphatic carbocycles. The second-order valence-electron chi connectivity index (χ2n) is 9.97. The van der Waals surface area contributed by atoms with Gasteiger partial charge in [-0.1, -0.05) is 19.8 Å². The molecule has 36 heavy (non-hydrogen) atoms. The van der Waals surface area contributed by atoms with Crippen LogP contribution < -0.4 is 10.1 Å². The van der Waals surface area contributed by atoms with Gasteiger partial charge in [-0.3, -0.25) is 19.7 Å². The minimum absolute atomic E-state index is 0.0399. The van der Waals surface area contributed by atoms with E-state index in [2.05, 4.69) is 17.2 Å². The van der Waals surface area contributed by atoms with Crippen molar-refractivity contribution in [3.8, 4) is 5.75 Å². The number of unbranched alkanes of at least 4 members (excludes halogenated alkanes) is 1. The quantitative estimate of drug-likeness (QED) is 0.282. The normalized spacial score (nSPS) is 18.6. The van der Waals surface area contributed by atoms with E-state index in [1.807, 2.05) is 28.0 Å². The number of amides is 2. The summed E-state index contributed by atoms with van der Waals surface area (Å²) in [6.45, 7) is 6.75. The Morgan fingerprint density at radius 3 is 2.72 bits per heavy atom. The molecule has 2 heterocycles. The highest BCUT2D eigenvalue weighted by Crippen LogP contribution is 2.34. The van der Waals surface area contributed by atoms with Crippen LogP contribution in [0.25, 0.3) is 0 Å². The molecule has 3 aliphatic rings. The Labute approximate surface area is 213 Å². The molecule has 2 amide bonds. The Hall–Kier alpha value is -3.10. The van der Waals surface area contributed by atoms with Crippen molar-refractivity contribution in [1.29, 1.82) is 0 Å². The van der Waals surface area contributed by atoms with Crippen LogP contribution in [0, 0.1) is 5.92 Å². The van der Waals surface area contributed by atoms with Crippen molar-refractivity contribution in [2.75, 3.05) is 13.2 Å². The number of hydrogen-bond acceptors (Lipinski definition) is 7. The van der Waals surface area contributed by atoms with E-state index in [1.165, 1.54) is 19.8 Å². The zero-order valence-corrected chi connectivity index (χ0v) is 21.6. The minimum Gasteiger partial charge on any atom is -0.494 e. The van der Waals surface area contributed by atoms with E-state index in [0.29, 0.717) is 44.4 Å². The lowest BCUT2D eigenvalue weighted by atomic mass is 9.93. The van der Waals surface area contributed by atoms with Crippen molar-refractivity contribution in [3.05, 3.63) is 23.8 Å². The number of rotatable bonds is 11. The van der Waals surface area contributed by atoms with E-state index in [4.69, 9.17) is 9.47 Å². The van der Waals surface area contributed by atoms with Crippen molar-refractivity contribution in [3.63, 3.8) is 0 Å². The second kappa shape index (κ2) is 11.8. The molecule has 2 fully saturated rings. The zero-order valence-electron chi connectivity index (χ0n) is 21.6. The number of carbonyl (C=O) groups excluding carboxylic acids is 3. The molecule has 9 heteroatoms. The van der Waals surface area contributed by atoms with Crippen molar-refractivity contribution in [2.24, 2.45) is 10.9 Å². The summed E-state index contributed by atoms with van der Waals surface area (Å²) in [7, 11) is 0. The number of hydrogen-bond donors (Lipinski definition) is 1. The number of fused-ring (bicyclic) bond motifs is 2. The molecule has 0 spiro atoms. The van der Waals surface area contributed by atoms with Gasteiger partial charge in [-0.15, -0.1) is 0 Å². The Morgan fingerprint density at radius 2 is 2.00 bits per heavy atom. The molecule has 0 aromatic heterocycles. The molecular weight excluding hydrogens is 460 g/mol. The van der Waals surface area contributed by atoms with Crippen LogP contribution >= 0.6 is 0 Å². The molecule has 2 aliphatic heterocycles. The summed E-state index contributed by atoms with van der Waals surface area (Å²) in [6, 6.07) is 5.87. The SMILES string of the molecule is CCC(C1CCCC1)N(C(=O)CCCCOc1ccc2c(c1)CN1CC(=O)NC1=N2)C(C)OC(C)=O. The monoisotopic (exact) mass is 498 g/mol. The van der Waals surface area contributed by atoms with Crippen LogP contribution in [0.3, 0.4) is 0 Å².